The van der Waals surface area contributed by atoms with E-state index in [0.717, 1.165) is 24.4 Å². The quantitative estimate of drug-likeness (QED) is 0.832. The Morgan fingerprint density at radius 1 is 1.50 bits per heavy atom. The van der Waals surface area contributed by atoms with Gasteiger partial charge in [0.2, 0.25) is 0 Å². The molecular formula is C10H18ClN3. The van der Waals surface area contributed by atoms with Crippen LogP contribution in [0.2, 0.25) is 5.15 Å². The van der Waals surface area contributed by atoms with Gasteiger partial charge in [0.25, 0.3) is 0 Å². The third-order valence-electron chi connectivity index (χ3n) is 2.23. The largest absolute Gasteiger partial charge is 0.334 e. The van der Waals surface area contributed by atoms with E-state index in [2.05, 4.69) is 23.4 Å². The molecule has 0 amide bonds. The summed E-state index contributed by atoms with van der Waals surface area (Å²) in [5.74, 6) is 1.64. The van der Waals surface area contributed by atoms with E-state index >= 15 is 0 Å². The van der Waals surface area contributed by atoms with Gasteiger partial charge in [-0.25, -0.2) is 4.98 Å². The van der Waals surface area contributed by atoms with E-state index in [0.29, 0.717) is 17.6 Å². The summed E-state index contributed by atoms with van der Waals surface area (Å²) in [7, 11) is 2.00. The molecule has 4 heteroatoms. The van der Waals surface area contributed by atoms with E-state index in [1.54, 1.807) is 0 Å². The lowest BCUT2D eigenvalue weighted by atomic mass is 10.1. The highest BCUT2D eigenvalue weighted by Crippen LogP contribution is 2.18. The Kier molecular flexibility index (Phi) is 3.96. The van der Waals surface area contributed by atoms with E-state index in [1.165, 1.54) is 0 Å². The average Bonchev–Trinajstić information content (AvgIpc) is 2.32. The Labute approximate surface area is 90.3 Å². The molecule has 0 aliphatic rings. The minimum absolute atomic E-state index is 0.595. The fourth-order valence-electron chi connectivity index (χ4n) is 1.50. The van der Waals surface area contributed by atoms with Gasteiger partial charge in [0.15, 0.2) is 5.15 Å². The van der Waals surface area contributed by atoms with Crippen LogP contribution >= 0.6 is 11.6 Å². The van der Waals surface area contributed by atoms with Crippen molar-refractivity contribution >= 4 is 11.6 Å². The van der Waals surface area contributed by atoms with Crippen LogP contribution in [0.3, 0.4) is 0 Å². The minimum atomic E-state index is 0.595. The van der Waals surface area contributed by atoms with Gasteiger partial charge in [-0.15, -0.1) is 0 Å². The molecule has 0 saturated carbocycles. The highest BCUT2D eigenvalue weighted by Gasteiger charge is 2.12. The first-order valence-corrected chi connectivity index (χ1v) is 5.34. The molecule has 1 heterocycles. The molecule has 0 aliphatic heterocycles. The average molecular weight is 216 g/mol. The van der Waals surface area contributed by atoms with Gasteiger partial charge in [-0.1, -0.05) is 25.4 Å². The minimum Gasteiger partial charge on any atom is -0.334 e. The van der Waals surface area contributed by atoms with Gasteiger partial charge < -0.3 is 10.3 Å². The molecule has 0 aliphatic carbocycles. The summed E-state index contributed by atoms with van der Waals surface area (Å²) in [4.78, 5) is 4.34. The van der Waals surface area contributed by atoms with Crippen LogP contribution in [0.1, 0.15) is 25.4 Å². The highest BCUT2D eigenvalue weighted by molar-refractivity contribution is 6.30. The zero-order valence-corrected chi connectivity index (χ0v) is 9.80. The first-order valence-electron chi connectivity index (χ1n) is 4.96. The molecule has 80 valence electrons. The summed E-state index contributed by atoms with van der Waals surface area (Å²) in [5.41, 5.74) is 6.56. The van der Waals surface area contributed by atoms with Gasteiger partial charge in [-0.3, -0.25) is 0 Å². The molecular weight excluding hydrogens is 198 g/mol. The number of halogens is 1. The van der Waals surface area contributed by atoms with Crippen LogP contribution < -0.4 is 5.73 Å². The molecule has 0 fully saturated rings. The maximum Gasteiger partial charge on any atom is 0.150 e. The molecule has 1 aromatic rings. The Hall–Kier alpha value is -0.540. The molecule has 0 spiro atoms. The summed E-state index contributed by atoms with van der Waals surface area (Å²) < 4.78 is 2.06. The van der Waals surface area contributed by atoms with Crippen LogP contribution in [0, 0.1) is 5.92 Å². The van der Waals surface area contributed by atoms with Crippen molar-refractivity contribution < 1.29 is 0 Å². The number of hydrogen-bond acceptors (Lipinski definition) is 2. The maximum absolute atomic E-state index is 6.02. The number of imidazole rings is 1. The van der Waals surface area contributed by atoms with E-state index in [1.807, 2.05) is 7.05 Å². The Morgan fingerprint density at radius 3 is 2.64 bits per heavy atom. The lowest BCUT2D eigenvalue weighted by Gasteiger charge is -2.06. The van der Waals surface area contributed by atoms with Crippen molar-refractivity contribution in [1.82, 2.24) is 9.55 Å². The van der Waals surface area contributed by atoms with Crippen LogP contribution in [0.25, 0.3) is 0 Å². The lowest BCUT2D eigenvalue weighted by Crippen LogP contribution is -2.09. The number of rotatable bonds is 4. The summed E-state index contributed by atoms with van der Waals surface area (Å²) in [6.45, 7) is 4.96. The zero-order chi connectivity index (χ0) is 10.7. The molecule has 0 unspecified atom stereocenters. The first-order chi connectivity index (χ1) is 6.56. The second-order valence-corrected chi connectivity index (χ2v) is 4.32. The Morgan fingerprint density at radius 2 is 2.14 bits per heavy atom. The first kappa shape index (κ1) is 11.5. The second-order valence-electron chi connectivity index (χ2n) is 3.96. The van der Waals surface area contributed by atoms with Gasteiger partial charge in [-0.2, -0.15) is 0 Å². The maximum atomic E-state index is 6.02. The Balaban J connectivity index is 2.92. The van der Waals surface area contributed by atoms with Crippen molar-refractivity contribution in [2.45, 2.75) is 26.7 Å². The van der Waals surface area contributed by atoms with Crippen molar-refractivity contribution in [3.8, 4) is 0 Å². The predicted octanol–water partition coefficient (Wildman–Crippen LogP) is 1.77. The van der Waals surface area contributed by atoms with Crippen LogP contribution in [-0.2, 0) is 19.9 Å². The van der Waals surface area contributed by atoms with Gasteiger partial charge >= 0.3 is 0 Å². The van der Waals surface area contributed by atoms with E-state index in [4.69, 9.17) is 17.3 Å². The lowest BCUT2D eigenvalue weighted by molar-refractivity contribution is 0.596. The SMILES string of the molecule is CC(C)Cc1nc(Cl)c(CCN)n1C. The zero-order valence-electron chi connectivity index (χ0n) is 9.05. The third kappa shape index (κ3) is 2.49. The fourth-order valence-corrected chi connectivity index (χ4v) is 1.82. The molecule has 2 N–H and O–H groups in total. The molecule has 0 radical (unpaired) electrons. The molecule has 1 aromatic heterocycles. The summed E-state index contributed by atoms with van der Waals surface area (Å²) in [5, 5.41) is 0.605. The summed E-state index contributed by atoms with van der Waals surface area (Å²) in [6, 6.07) is 0. The molecule has 0 atom stereocenters. The molecule has 0 bridgehead atoms. The normalized spacial score (nSPS) is 11.3. The van der Waals surface area contributed by atoms with Crippen LogP contribution in [0.4, 0.5) is 0 Å². The van der Waals surface area contributed by atoms with Gasteiger partial charge in [0.05, 0.1) is 5.69 Å². The predicted molar refractivity (Wildman–Crippen MR) is 59.5 cm³/mol. The van der Waals surface area contributed by atoms with Gasteiger partial charge in [0, 0.05) is 19.9 Å². The van der Waals surface area contributed by atoms with E-state index in [9.17, 15) is 0 Å². The van der Waals surface area contributed by atoms with Crippen molar-refractivity contribution in [3.63, 3.8) is 0 Å². The highest BCUT2D eigenvalue weighted by atomic mass is 35.5. The molecule has 3 nitrogen and oxygen atoms in total. The van der Waals surface area contributed by atoms with Crippen LogP contribution in [0.15, 0.2) is 0 Å². The van der Waals surface area contributed by atoms with Crippen molar-refractivity contribution in [2.24, 2.45) is 18.7 Å². The van der Waals surface area contributed by atoms with E-state index in [-0.39, 0.29) is 0 Å². The summed E-state index contributed by atoms with van der Waals surface area (Å²) in [6.07, 6.45) is 1.75. The van der Waals surface area contributed by atoms with Crippen molar-refractivity contribution in [3.05, 3.63) is 16.7 Å². The molecule has 1 rings (SSSR count). The number of hydrogen-bond donors (Lipinski definition) is 1. The monoisotopic (exact) mass is 215 g/mol. The van der Waals surface area contributed by atoms with Crippen molar-refractivity contribution in [2.75, 3.05) is 6.54 Å². The number of aromatic nitrogens is 2. The van der Waals surface area contributed by atoms with E-state index < -0.39 is 0 Å². The number of nitrogens with zero attached hydrogens (tertiary/aromatic N) is 2. The van der Waals surface area contributed by atoms with Crippen LogP contribution in [-0.4, -0.2) is 16.1 Å². The van der Waals surface area contributed by atoms with Crippen molar-refractivity contribution in [1.29, 1.82) is 0 Å². The topological polar surface area (TPSA) is 43.8 Å². The van der Waals surface area contributed by atoms with Crippen LogP contribution in [0.5, 0.6) is 0 Å². The summed E-state index contributed by atoms with van der Waals surface area (Å²) >= 11 is 6.02. The molecule has 14 heavy (non-hydrogen) atoms. The molecule has 0 aromatic carbocycles. The third-order valence-corrected chi connectivity index (χ3v) is 2.53. The van der Waals surface area contributed by atoms with Gasteiger partial charge in [-0.05, 0) is 12.5 Å². The second kappa shape index (κ2) is 4.80. The fraction of sp³-hybridized carbons (Fsp3) is 0.700. The molecule has 0 saturated heterocycles. The smallest absolute Gasteiger partial charge is 0.150 e. The standard InChI is InChI=1S/C10H18ClN3/c1-7(2)6-9-13-10(11)8(4-5-12)14(9)3/h7H,4-6,12H2,1-3H3. The Bertz CT molecular complexity index is 305. The van der Waals surface area contributed by atoms with Gasteiger partial charge in [0.1, 0.15) is 5.82 Å². The number of nitrogens with two attached hydrogens (primary N) is 1.